The topological polar surface area (TPSA) is 46.6 Å². The van der Waals surface area contributed by atoms with E-state index in [-0.39, 0.29) is 5.91 Å². The Morgan fingerprint density at radius 3 is 2.86 bits per heavy atom. The smallest absolute Gasteiger partial charge is 0.335 e. The van der Waals surface area contributed by atoms with Crippen LogP contribution in [0.3, 0.4) is 0 Å². The highest BCUT2D eigenvalue weighted by Gasteiger charge is 2.22. The Bertz CT molecular complexity index is 260. The van der Waals surface area contributed by atoms with E-state index in [9.17, 15) is 9.59 Å². The Balaban J connectivity index is 2.40. The molecule has 1 heterocycles. The van der Waals surface area contributed by atoms with Crippen LogP contribution >= 0.6 is 0 Å². The first-order valence-corrected chi connectivity index (χ1v) is 4.77. The van der Waals surface area contributed by atoms with Crippen LogP contribution < -0.4 is 0 Å². The lowest BCUT2D eigenvalue weighted by Crippen LogP contribution is -2.29. The van der Waals surface area contributed by atoms with Gasteiger partial charge in [0, 0.05) is 18.5 Å². The first-order chi connectivity index (χ1) is 6.65. The maximum absolute atomic E-state index is 11.2. The minimum Gasteiger partial charge on any atom is -0.463 e. The predicted octanol–water partition coefficient (Wildman–Crippen LogP) is 0.728. The van der Waals surface area contributed by atoms with Crippen LogP contribution in [0.1, 0.15) is 19.8 Å². The molecule has 4 nitrogen and oxygen atoms in total. The van der Waals surface area contributed by atoms with E-state index in [1.54, 1.807) is 11.8 Å². The minimum atomic E-state index is -0.410. The van der Waals surface area contributed by atoms with Crippen LogP contribution in [-0.2, 0) is 14.3 Å². The zero-order chi connectivity index (χ0) is 10.6. The number of amides is 1. The van der Waals surface area contributed by atoms with Crippen molar-refractivity contribution in [2.45, 2.75) is 19.8 Å². The van der Waals surface area contributed by atoms with Gasteiger partial charge in [-0.25, -0.2) is 4.79 Å². The van der Waals surface area contributed by atoms with Gasteiger partial charge in [-0.15, -0.1) is 0 Å². The molecule has 0 spiro atoms. The molecule has 1 aliphatic rings. The van der Waals surface area contributed by atoms with Crippen molar-refractivity contribution in [2.75, 3.05) is 19.7 Å². The number of rotatable bonds is 4. The number of esters is 1. The number of hydrogen-bond donors (Lipinski definition) is 0. The van der Waals surface area contributed by atoms with E-state index < -0.39 is 5.97 Å². The van der Waals surface area contributed by atoms with E-state index in [0.717, 1.165) is 13.0 Å². The fourth-order valence-electron chi connectivity index (χ4n) is 1.40. The third-order valence-corrected chi connectivity index (χ3v) is 2.12. The highest BCUT2D eigenvalue weighted by Crippen LogP contribution is 2.11. The lowest BCUT2D eigenvalue weighted by Gasteiger charge is -2.15. The maximum Gasteiger partial charge on any atom is 0.335 e. The van der Waals surface area contributed by atoms with E-state index in [0.29, 0.717) is 25.1 Å². The molecule has 0 saturated carbocycles. The highest BCUT2D eigenvalue weighted by molar-refractivity contribution is 5.89. The molecule has 0 atom stereocenters. The van der Waals surface area contributed by atoms with Gasteiger partial charge < -0.3 is 9.64 Å². The summed E-state index contributed by atoms with van der Waals surface area (Å²) in [5, 5.41) is 0. The van der Waals surface area contributed by atoms with Gasteiger partial charge in [-0.3, -0.25) is 4.79 Å². The molecule has 0 aromatic carbocycles. The molecule has 78 valence electrons. The fraction of sp³-hybridized carbons (Fsp3) is 0.600. The van der Waals surface area contributed by atoms with Crippen LogP contribution in [0.5, 0.6) is 0 Å². The van der Waals surface area contributed by atoms with Crippen LogP contribution in [0, 0.1) is 0 Å². The van der Waals surface area contributed by atoms with Gasteiger partial charge in [0.2, 0.25) is 5.91 Å². The molecule has 1 fully saturated rings. The van der Waals surface area contributed by atoms with Crippen LogP contribution in [0.25, 0.3) is 0 Å². The van der Waals surface area contributed by atoms with E-state index in [1.165, 1.54) is 0 Å². The first kappa shape index (κ1) is 10.8. The monoisotopic (exact) mass is 197 g/mol. The molecule has 0 radical (unpaired) electrons. The lowest BCUT2D eigenvalue weighted by molar-refractivity contribution is -0.138. The van der Waals surface area contributed by atoms with E-state index in [1.807, 2.05) is 0 Å². The molecule has 0 aromatic heterocycles. The Morgan fingerprint density at radius 1 is 1.64 bits per heavy atom. The number of carbonyl (C=O) groups excluding carboxylic acids is 2. The van der Waals surface area contributed by atoms with Gasteiger partial charge in [0.1, 0.15) is 0 Å². The van der Waals surface area contributed by atoms with Crippen molar-refractivity contribution in [2.24, 2.45) is 0 Å². The van der Waals surface area contributed by atoms with E-state index in [4.69, 9.17) is 4.74 Å². The molecular formula is C10H15NO3. The largest absolute Gasteiger partial charge is 0.463 e. The number of likely N-dealkylation sites (tertiary alicyclic amines) is 1. The summed E-state index contributed by atoms with van der Waals surface area (Å²) < 4.78 is 4.77. The molecular weight excluding hydrogens is 182 g/mol. The molecule has 0 N–H and O–H groups in total. The minimum absolute atomic E-state index is 0.0930. The highest BCUT2D eigenvalue weighted by atomic mass is 16.5. The number of ether oxygens (including phenoxy) is 1. The molecule has 0 unspecified atom stereocenters. The number of carbonyl (C=O) groups is 2. The quantitative estimate of drug-likeness (QED) is 0.493. The summed E-state index contributed by atoms with van der Waals surface area (Å²) >= 11 is 0. The Morgan fingerprint density at radius 2 is 2.36 bits per heavy atom. The molecule has 0 bridgehead atoms. The van der Waals surface area contributed by atoms with Gasteiger partial charge in [-0.2, -0.15) is 0 Å². The maximum atomic E-state index is 11.2. The summed E-state index contributed by atoms with van der Waals surface area (Å²) in [6.45, 7) is 6.71. The van der Waals surface area contributed by atoms with Gasteiger partial charge in [-0.05, 0) is 13.3 Å². The Kier molecular flexibility index (Phi) is 3.68. The second kappa shape index (κ2) is 4.79. The van der Waals surface area contributed by atoms with Gasteiger partial charge in [0.15, 0.2) is 0 Å². The van der Waals surface area contributed by atoms with Crippen molar-refractivity contribution in [3.63, 3.8) is 0 Å². The fourth-order valence-corrected chi connectivity index (χ4v) is 1.40. The van der Waals surface area contributed by atoms with Crippen molar-refractivity contribution in [1.29, 1.82) is 0 Å². The van der Waals surface area contributed by atoms with Crippen molar-refractivity contribution >= 4 is 11.9 Å². The van der Waals surface area contributed by atoms with Crippen LogP contribution in [0.15, 0.2) is 12.2 Å². The molecule has 1 amide bonds. The first-order valence-electron chi connectivity index (χ1n) is 4.77. The van der Waals surface area contributed by atoms with Crippen molar-refractivity contribution in [1.82, 2.24) is 4.90 Å². The summed E-state index contributed by atoms with van der Waals surface area (Å²) in [6, 6.07) is 0. The summed E-state index contributed by atoms with van der Waals surface area (Å²) in [4.78, 5) is 24.0. The molecule has 4 heteroatoms. The summed E-state index contributed by atoms with van der Waals surface area (Å²) in [6.07, 6.45) is 1.45. The van der Waals surface area contributed by atoms with E-state index in [2.05, 4.69) is 6.58 Å². The van der Waals surface area contributed by atoms with Crippen LogP contribution in [0.4, 0.5) is 0 Å². The predicted molar refractivity (Wildman–Crippen MR) is 51.6 cm³/mol. The zero-order valence-electron chi connectivity index (χ0n) is 8.41. The third-order valence-electron chi connectivity index (χ3n) is 2.12. The average Bonchev–Trinajstić information content (AvgIpc) is 2.52. The zero-order valence-corrected chi connectivity index (χ0v) is 8.41. The summed E-state index contributed by atoms with van der Waals surface area (Å²) in [7, 11) is 0. The number of nitrogens with zero attached hydrogens (tertiary/aromatic N) is 1. The Hall–Kier alpha value is -1.32. The van der Waals surface area contributed by atoms with Gasteiger partial charge >= 0.3 is 5.97 Å². The molecule has 1 saturated heterocycles. The van der Waals surface area contributed by atoms with Gasteiger partial charge in [0.25, 0.3) is 0 Å². The molecule has 14 heavy (non-hydrogen) atoms. The second-order valence-corrected chi connectivity index (χ2v) is 3.24. The molecule has 1 rings (SSSR count). The summed E-state index contributed by atoms with van der Waals surface area (Å²) in [5.41, 5.74) is 0.349. The van der Waals surface area contributed by atoms with Crippen LogP contribution in [0.2, 0.25) is 0 Å². The molecule has 1 aliphatic heterocycles. The van der Waals surface area contributed by atoms with Crippen molar-refractivity contribution in [3.8, 4) is 0 Å². The van der Waals surface area contributed by atoms with Gasteiger partial charge in [0.05, 0.1) is 13.2 Å². The third kappa shape index (κ3) is 2.58. The average molecular weight is 197 g/mol. The normalized spacial score (nSPS) is 15.8. The molecule has 0 aliphatic carbocycles. The summed E-state index contributed by atoms with van der Waals surface area (Å²) in [5.74, 6) is -0.317. The van der Waals surface area contributed by atoms with Gasteiger partial charge in [-0.1, -0.05) is 6.58 Å². The standard InChI is InChI=1S/C10H15NO3/c1-3-14-10(13)8(2)7-11-6-4-5-9(11)12/h2-7H2,1H3. The second-order valence-electron chi connectivity index (χ2n) is 3.24. The van der Waals surface area contributed by atoms with E-state index >= 15 is 0 Å². The lowest BCUT2D eigenvalue weighted by atomic mass is 10.3. The SMILES string of the molecule is C=C(CN1CCCC1=O)C(=O)OCC. The van der Waals surface area contributed by atoms with Crippen LogP contribution in [-0.4, -0.2) is 36.5 Å². The van der Waals surface area contributed by atoms with Crippen molar-refractivity contribution < 1.29 is 14.3 Å². The van der Waals surface area contributed by atoms with Crippen molar-refractivity contribution in [3.05, 3.63) is 12.2 Å². The number of hydrogen-bond acceptors (Lipinski definition) is 3. The Labute approximate surface area is 83.5 Å². The molecule has 0 aromatic rings.